The summed E-state index contributed by atoms with van der Waals surface area (Å²) in [4.78, 5) is 0. The molecule has 3 aliphatic rings. The van der Waals surface area contributed by atoms with Crippen molar-refractivity contribution in [2.24, 2.45) is 0 Å². The molecule has 2 saturated carbocycles. The van der Waals surface area contributed by atoms with Crippen LogP contribution in [0.15, 0.2) is 18.2 Å². The van der Waals surface area contributed by atoms with Crippen LogP contribution < -0.4 is 5.32 Å². The van der Waals surface area contributed by atoms with Gasteiger partial charge in [-0.25, -0.2) is 0 Å². The van der Waals surface area contributed by atoms with Crippen LogP contribution in [0.25, 0.3) is 11.3 Å². The van der Waals surface area contributed by atoms with Crippen molar-refractivity contribution in [1.29, 1.82) is 0 Å². The number of aryl methyl sites for hydroxylation is 1. The molecule has 0 bridgehead atoms. The number of hydrogen-bond donors (Lipinski definition) is 3. The lowest BCUT2D eigenvalue weighted by molar-refractivity contribution is 0.00877. The van der Waals surface area contributed by atoms with Gasteiger partial charge in [-0.05, 0) is 69.2 Å². The van der Waals surface area contributed by atoms with Crippen molar-refractivity contribution >= 4 is 5.82 Å². The van der Waals surface area contributed by atoms with Gasteiger partial charge < -0.3 is 20.3 Å². The van der Waals surface area contributed by atoms with Gasteiger partial charge in [0.25, 0.3) is 0 Å². The number of phenolic OH excluding ortho intramolecular Hbond substituents is 1. The highest BCUT2D eigenvalue weighted by atomic mass is 16.5. The van der Waals surface area contributed by atoms with Crippen LogP contribution in [0.1, 0.15) is 62.1 Å². The maximum Gasteiger partial charge on any atom is 0.155 e. The van der Waals surface area contributed by atoms with Gasteiger partial charge in [-0.1, -0.05) is 18.9 Å². The van der Waals surface area contributed by atoms with Crippen molar-refractivity contribution in [2.75, 3.05) is 11.9 Å². The first kappa shape index (κ1) is 18.8. The number of aromatic nitrogens is 2. The van der Waals surface area contributed by atoms with E-state index in [0.29, 0.717) is 12.2 Å². The van der Waals surface area contributed by atoms with E-state index in [1.165, 1.54) is 0 Å². The number of phenols is 1. The Morgan fingerprint density at radius 1 is 1.17 bits per heavy atom. The molecule has 1 aliphatic heterocycles. The highest BCUT2D eigenvalue weighted by molar-refractivity contribution is 5.74. The molecular formula is C23H29N3O3. The average Bonchev–Trinajstić information content (AvgIpc) is 3.44. The van der Waals surface area contributed by atoms with Gasteiger partial charge in [0.05, 0.1) is 23.9 Å². The Kier molecular flexibility index (Phi) is 4.33. The number of benzene rings is 1. The van der Waals surface area contributed by atoms with E-state index in [2.05, 4.69) is 15.5 Å². The first-order valence-corrected chi connectivity index (χ1v) is 10.7. The maximum atomic E-state index is 10.9. The van der Waals surface area contributed by atoms with Crippen LogP contribution in [0.3, 0.4) is 0 Å². The average molecular weight is 396 g/mol. The van der Waals surface area contributed by atoms with Gasteiger partial charge in [-0.15, -0.1) is 10.2 Å². The number of anilines is 1. The van der Waals surface area contributed by atoms with Crippen molar-refractivity contribution in [2.45, 2.75) is 76.0 Å². The van der Waals surface area contributed by atoms with E-state index in [1.807, 2.05) is 26.0 Å². The van der Waals surface area contributed by atoms with Gasteiger partial charge in [0.2, 0.25) is 0 Å². The number of rotatable bonds is 3. The Morgan fingerprint density at radius 3 is 2.72 bits per heavy atom. The molecule has 2 aliphatic carbocycles. The highest BCUT2D eigenvalue weighted by Crippen LogP contribution is 2.56. The van der Waals surface area contributed by atoms with Gasteiger partial charge in [0.15, 0.2) is 5.82 Å². The second kappa shape index (κ2) is 6.67. The molecule has 0 saturated heterocycles. The number of ether oxygens (including phenoxy) is 1. The third-order valence-electron chi connectivity index (χ3n) is 6.86. The molecule has 2 heterocycles. The summed E-state index contributed by atoms with van der Waals surface area (Å²) in [6.45, 7) is 4.52. The van der Waals surface area contributed by atoms with E-state index in [1.54, 1.807) is 6.07 Å². The summed E-state index contributed by atoms with van der Waals surface area (Å²) in [5, 5.41) is 34.1. The number of aromatic hydroxyl groups is 1. The summed E-state index contributed by atoms with van der Waals surface area (Å²) >= 11 is 0. The van der Waals surface area contributed by atoms with Crippen LogP contribution in [0.2, 0.25) is 0 Å². The molecule has 1 spiro atoms. The number of hydrogen-bond acceptors (Lipinski definition) is 6. The third-order valence-corrected chi connectivity index (χ3v) is 6.86. The van der Waals surface area contributed by atoms with Crippen LogP contribution in [0.4, 0.5) is 5.82 Å². The molecule has 0 radical (unpaired) electrons. The third kappa shape index (κ3) is 3.19. The predicted molar refractivity (Wildman–Crippen MR) is 111 cm³/mol. The van der Waals surface area contributed by atoms with E-state index >= 15 is 0 Å². The van der Waals surface area contributed by atoms with Gasteiger partial charge in [0.1, 0.15) is 11.4 Å². The summed E-state index contributed by atoms with van der Waals surface area (Å²) in [5.74, 6) is 0.966. The number of nitrogens with one attached hydrogen (secondary N) is 1. The van der Waals surface area contributed by atoms with E-state index < -0.39 is 5.60 Å². The van der Waals surface area contributed by atoms with Crippen LogP contribution in [-0.4, -0.2) is 38.7 Å². The molecule has 6 heteroatoms. The number of fused-ring (bicyclic) bond motifs is 2. The van der Waals surface area contributed by atoms with Gasteiger partial charge >= 0.3 is 0 Å². The highest BCUT2D eigenvalue weighted by Gasteiger charge is 2.52. The zero-order valence-corrected chi connectivity index (χ0v) is 17.2. The fourth-order valence-corrected chi connectivity index (χ4v) is 5.00. The summed E-state index contributed by atoms with van der Waals surface area (Å²) in [6, 6.07) is 5.62. The topological polar surface area (TPSA) is 87.5 Å². The summed E-state index contributed by atoms with van der Waals surface area (Å²) < 4.78 is 6.19. The first-order valence-electron chi connectivity index (χ1n) is 10.7. The van der Waals surface area contributed by atoms with Crippen molar-refractivity contribution in [3.63, 3.8) is 0 Å². The van der Waals surface area contributed by atoms with Crippen LogP contribution >= 0.6 is 0 Å². The van der Waals surface area contributed by atoms with Crippen molar-refractivity contribution in [1.82, 2.24) is 10.2 Å². The van der Waals surface area contributed by atoms with Crippen LogP contribution in [0.5, 0.6) is 5.75 Å². The molecule has 5 rings (SSSR count). The second-order valence-corrected chi connectivity index (χ2v) is 9.16. The lowest BCUT2D eigenvalue weighted by Gasteiger charge is -2.39. The maximum absolute atomic E-state index is 10.9. The van der Waals surface area contributed by atoms with E-state index in [0.717, 1.165) is 73.1 Å². The summed E-state index contributed by atoms with van der Waals surface area (Å²) in [6.07, 6.45) is 6.54. The molecular weight excluding hydrogens is 366 g/mol. The van der Waals surface area contributed by atoms with E-state index in [-0.39, 0.29) is 17.4 Å². The fraction of sp³-hybridized carbons (Fsp3) is 0.565. The molecule has 0 amide bonds. The molecule has 6 nitrogen and oxygen atoms in total. The van der Waals surface area contributed by atoms with Crippen molar-refractivity contribution < 1.29 is 14.9 Å². The SMILES string of the molecule is Cc1ccc(-c2nnc(N[C@@H]3CCCC[C@]3(C)O)c3c2CCOC32CC2)c(O)c1. The Hall–Kier alpha value is -2.18. The Bertz CT molecular complexity index is 953. The van der Waals surface area contributed by atoms with Gasteiger partial charge in [-0.2, -0.15) is 0 Å². The van der Waals surface area contributed by atoms with Gasteiger partial charge in [0, 0.05) is 11.1 Å². The largest absolute Gasteiger partial charge is 0.507 e. The molecule has 1 aromatic carbocycles. The molecule has 2 fully saturated rings. The standard InChI is InChI=1S/C23H29N3O3/c1-14-6-7-15(17(27)13-14)20-16-8-12-29-23(10-11-23)19(16)21(26-25-20)24-18-5-3-4-9-22(18,2)28/h6-7,13,18,27-28H,3-5,8-12H2,1-2H3,(H,24,26)/t18-,22+/m1/s1. The zero-order valence-electron chi connectivity index (χ0n) is 17.2. The quantitative estimate of drug-likeness (QED) is 0.732. The van der Waals surface area contributed by atoms with Crippen molar-refractivity contribution in [3.05, 3.63) is 34.9 Å². The summed E-state index contributed by atoms with van der Waals surface area (Å²) in [7, 11) is 0. The molecule has 29 heavy (non-hydrogen) atoms. The summed E-state index contributed by atoms with van der Waals surface area (Å²) in [5.41, 5.74) is 3.61. The lowest BCUT2D eigenvalue weighted by atomic mass is 9.81. The van der Waals surface area contributed by atoms with E-state index in [4.69, 9.17) is 4.74 Å². The Balaban J connectivity index is 1.61. The minimum absolute atomic E-state index is 0.0500. The zero-order chi connectivity index (χ0) is 20.2. The normalized spacial score (nSPS) is 27.5. The predicted octanol–water partition coefficient (Wildman–Crippen LogP) is 3.82. The first-order chi connectivity index (χ1) is 13.9. The molecule has 154 valence electrons. The van der Waals surface area contributed by atoms with E-state index in [9.17, 15) is 10.2 Å². The van der Waals surface area contributed by atoms with Crippen LogP contribution in [-0.2, 0) is 16.8 Å². The van der Waals surface area contributed by atoms with Crippen LogP contribution in [0, 0.1) is 6.92 Å². The second-order valence-electron chi connectivity index (χ2n) is 9.16. The fourth-order valence-electron chi connectivity index (χ4n) is 5.00. The monoisotopic (exact) mass is 395 g/mol. The molecule has 2 atom stereocenters. The number of nitrogens with zero attached hydrogens (tertiary/aromatic N) is 2. The molecule has 1 aromatic heterocycles. The molecule has 3 N–H and O–H groups in total. The minimum atomic E-state index is -0.757. The Morgan fingerprint density at radius 2 is 2.00 bits per heavy atom. The van der Waals surface area contributed by atoms with Gasteiger partial charge in [-0.3, -0.25) is 0 Å². The Labute approximate surface area is 171 Å². The molecule has 0 unspecified atom stereocenters. The lowest BCUT2D eigenvalue weighted by Crippen LogP contribution is -2.47. The molecule has 2 aromatic rings. The smallest absolute Gasteiger partial charge is 0.155 e. The number of aliphatic hydroxyl groups is 1. The van der Waals surface area contributed by atoms with Crippen molar-refractivity contribution in [3.8, 4) is 17.0 Å². The minimum Gasteiger partial charge on any atom is -0.507 e.